The van der Waals surface area contributed by atoms with Crippen LogP contribution >= 0.6 is 0 Å². The van der Waals surface area contributed by atoms with Gasteiger partial charge in [-0.2, -0.15) is 0 Å². The maximum absolute atomic E-state index is 13.2. The molecule has 0 aliphatic rings. The quantitative estimate of drug-likeness (QED) is 0.194. The summed E-state index contributed by atoms with van der Waals surface area (Å²) in [6, 6.07) is 17.0. The molecule has 1 radical (unpaired) electrons. The zero-order valence-corrected chi connectivity index (χ0v) is 22.5. The summed E-state index contributed by atoms with van der Waals surface area (Å²) in [5.74, 6) is 0.564. The normalized spacial score (nSPS) is 11.8. The Hall–Kier alpha value is -2.56. The summed E-state index contributed by atoms with van der Waals surface area (Å²) in [5, 5.41) is 10.5. The van der Waals surface area contributed by atoms with Gasteiger partial charge in [-0.15, -0.1) is 29.8 Å². The fourth-order valence-corrected chi connectivity index (χ4v) is 2.52. The van der Waals surface area contributed by atoms with Gasteiger partial charge in [-0.05, 0) is 29.3 Å². The molecular formula is C27H31FIrNO3-. The summed E-state index contributed by atoms with van der Waals surface area (Å²) >= 11 is 0. The molecule has 179 valence electrons. The number of ketones is 1. The minimum atomic E-state index is -0.417. The van der Waals surface area contributed by atoms with Crippen LogP contribution in [-0.2, 0) is 24.9 Å². The van der Waals surface area contributed by atoms with E-state index in [1.165, 1.54) is 18.2 Å². The largest absolute Gasteiger partial charge is 0.516 e. The molecule has 1 N–H and O–H groups in total. The number of aliphatic hydroxyl groups excluding tert-OH is 1. The number of methoxy groups -OCH3 is 1. The molecule has 0 aliphatic carbocycles. The molecule has 6 heteroatoms. The predicted octanol–water partition coefficient (Wildman–Crippen LogP) is 6.94. The maximum atomic E-state index is 13.2. The van der Waals surface area contributed by atoms with Crippen molar-refractivity contribution in [3.05, 3.63) is 72.2 Å². The number of carbonyl (C=O) groups excluding carboxylic acids is 1. The molecule has 0 amide bonds. The summed E-state index contributed by atoms with van der Waals surface area (Å²) in [6.45, 7) is 11.1. The molecule has 0 saturated heterocycles. The second kappa shape index (κ2) is 11.5. The van der Waals surface area contributed by atoms with Gasteiger partial charge in [-0.25, -0.2) is 4.39 Å². The Labute approximate surface area is 209 Å². The summed E-state index contributed by atoms with van der Waals surface area (Å²) in [6.07, 6.45) is 1.33. The number of hydrogen-bond acceptors (Lipinski definition) is 4. The Balaban J connectivity index is 0.000000346. The molecular weight excluding hydrogens is 598 g/mol. The van der Waals surface area contributed by atoms with Crippen LogP contribution in [0.4, 0.5) is 4.39 Å². The fraction of sp³-hybridized carbons (Fsp3) is 0.333. The van der Waals surface area contributed by atoms with E-state index in [2.05, 4.69) is 11.1 Å². The van der Waals surface area contributed by atoms with Crippen molar-refractivity contribution in [3.63, 3.8) is 0 Å². The molecule has 2 aromatic carbocycles. The SMILES string of the molecule is CC(C)(C)C(=O)/C=C(\O)C(C)(C)C.COc1cc[c-]c(-c2ccc3ccc(F)cc3n2)c1.[Ir]. The second-order valence-corrected chi connectivity index (χ2v) is 9.57. The van der Waals surface area contributed by atoms with Crippen LogP contribution in [0.1, 0.15) is 41.5 Å². The van der Waals surface area contributed by atoms with Gasteiger partial charge in [0, 0.05) is 42.8 Å². The zero-order chi connectivity index (χ0) is 24.1. The van der Waals surface area contributed by atoms with E-state index in [9.17, 15) is 14.3 Å². The van der Waals surface area contributed by atoms with Gasteiger partial charge in [0.2, 0.25) is 0 Å². The smallest absolute Gasteiger partial charge is 0.164 e. The van der Waals surface area contributed by atoms with E-state index in [1.807, 2.05) is 65.8 Å². The first-order valence-corrected chi connectivity index (χ1v) is 10.4. The first-order chi connectivity index (χ1) is 14.8. The van der Waals surface area contributed by atoms with Crippen LogP contribution in [0.3, 0.4) is 0 Å². The van der Waals surface area contributed by atoms with Gasteiger partial charge >= 0.3 is 0 Å². The Morgan fingerprint density at radius 1 is 1.03 bits per heavy atom. The van der Waals surface area contributed by atoms with Crippen molar-refractivity contribution in [2.45, 2.75) is 41.5 Å². The van der Waals surface area contributed by atoms with Crippen molar-refractivity contribution in [2.24, 2.45) is 10.8 Å². The van der Waals surface area contributed by atoms with Gasteiger partial charge in [0.15, 0.2) is 5.78 Å². The maximum Gasteiger partial charge on any atom is 0.164 e. The summed E-state index contributed by atoms with van der Waals surface area (Å²) in [7, 11) is 1.61. The number of benzene rings is 2. The van der Waals surface area contributed by atoms with Crippen molar-refractivity contribution in [1.82, 2.24) is 4.98 Å². The number of ether oxygens (including phenoxy) is 1. The third kappa shape index (κ3) is 8.38. The van der Waals surface area contributed by atoms with Crippen LogP contribution in [0.15, 0.2) is 60.4 Å². The van der Waals surface area contributed by atoms with Gasteiger partial charge in [0.1, 0.15) is 11.6 Å². The van der Waals surface area contributed by atoms with Crippen LogP contribution in [0, 0.1) is 22.7 Å². The molecule has 0 fully saturated rings. The third-order valence-electron chi connectivity index (χ3n) is 4.71. The topological polar surface area (TPSA) is 59.4 Å². The van der Waals surface area contributed by atoms with Crippen molar-refractivity contribution in [2.75, 3.05) is 7.11 Å². The van der Waals surface area contributed by atoms with Gasteiger partial charge in [-0.3, -0.25) is 9.78 Å². The molecule has 33 heavy (non-hydrogen) atoms. The van der Waals surface area contributed by atoms with E-state index < -0.39 is 5.41 Å². The molecule has 4 nitrogen and oxygen atoms in total. The van der Waals surface area contributed by atoms with Gasteiger partial charge in [0.25, 0.3) is 0 Å². The van der Waals surface area contributed by atoms with E-state index in [4.69, 9.17) is 4.74 Å². The number of nitrogens with zero attached hydrogens (tertiary/aromatic N) is 1. The van der Waals surface area contributed by atoms with E-state index in [-0.39, 0.29) is 42.9 Å². The second-order valence-electron chi connectivity index (χ2n) is 9.57. The number of carbonyl (C=O) groups is 1. The molecule has 0 saturated carbocycles. The first kappa shape index (κ1) is 28.5. The average molecular weight is 629 g/mol. The molecule has 0 bridgehead atoms. The zero-order valence-electron chi connectivity index (χ0n) is 20.1. The summed E-state index contributed by atoms with van der Waals surface area (Å²) < 4.78 is 18.4. The Bertz CT molecular complexity index is 1130. The van der Waals surface area contributed by atoms with Crippen molar-refractivity contribution in [1.29, 1.82) is 0 Å². The van der Waals surface area contributed by atoms with E-state index in [0.717, 1.165) is 22.4 Å². The number of hydrogen-bond donors (Lipinski definition) is 1. The van der Waals surface area contributed by atoms with Crippen LogP contribution in [0.5, 0.6) is 5.75 Å². The minimum absolute atomic E-state index is 0. The number of aliphatic hydroxyl groups is 1. The molecule has 0 spiro atoms. The number of aromatic nitrogens is 1. The molecule has 3 aromatic rings. The number of allylic oxidation sites excluding steroid dienone is 2. The molecule has 1 heterocycles. The Morgan fingerprint density at radius 2 is 1.67 bits per heavy atom. The standard InChI is InChI=1S/C16H11FNO.C11H20O2.Ir/c1-19-14-4-2-3-12(9-14)15-8-6-11-5-7-13(17)10-16(11)18-15;1-10(2,3)8(12)7-9(13)11(4,5)6;/h2,4-10H,1H3;7,12H,1-6H3;/q-1;;/b;8-7-;. The molecule has 0 atom stereocenters. The van der Waals surface area contributed by atoms with Crippen LogP contribution < -0.4 is 4.74 Å². The van der Waals surface area contributed by atoms with Crippen molar-refractivity contribution >= 4 is 16.7 Å². The Kier molecular flexibility index (Phi) is 9.95. The average Bonchev–Trinajstić information content (AvgIpc) is 2.72. The summed E-state index contributed by atoms with van der Waals surface area (Å²) in [5.41, 5.74) is 1.44. The Morgan fingerprint density at radius 3 is 2.24 bits per heavy atom. The van der Waals surface area contributed by atoms with Gasteiger partial charge < -0.3 is 9.84 Å². The molecule has 1 aromatic heterocycles. The van der Waals surface area contributed by atoms with Crippen LogP contribution in [0.25, 0.3) is 22.2 Å². The number of fused-ring (bicyclic) bond motifs is 1. The van der Waals surface area contributed by atoms with E-state index in [0.29, 0.717) is 5.52 Å². The predicted molar refractivity (Wildman–Crippen MR) is 127 cm³/mol. The van der Waals surface area contributed by atoms with Crippen LogP contribution in [-0.4, -0.2) is 23.0 Å². The monoisotopic (exact) mass is 629 g/mol. The third-order valence-corrected chi connectivity index (χ3v) is 4.71. The fourth-order valence-electron chi connectivity index (χ4n) is 2.52. The first-order valence-electron chi connectivity index (χ1n) is 10.4. The summed E-state index contributed by atoms with van der Waals surface area (Å²) in [4.78, 5) is 15.9. The van der Waals surface area contributed by atoms with E-state index >= 15 is 0 Å². The number of halogens is 1. The minimum Gasteiger partial charge on any atom is -0.516 e. The molecule has 0 aliphatic heterocycles. The number of pyridine rings is 1. The van der Waals surface area contributed by atoms with E-state index in [1.54, 1.807) is 19.2 Å². The number of rotatable bonds is 3. The van der Waals surface area contributed by atoms with Gasteiger partial charge in [0.05, 0.1) is 12.6 Å². The van der Waals surface area contributed by atoms with Gasteiger partial charge in [-0.1, -0.05) is 53.7 Å². The molecule has 3 rings (SSSR count). The van der Waals surface area contributed by atoms with Crippen molar-refractivity contribution in [3.8, 4) is 17.0 Å². The van der Waals surface area contributed by atoms with Crippen LogP contribution in [0.2, 0.25) is 0 Å². The molecule has 0 unspecified atom stereocenters. The van der Waals surface area contributed by atoms with Crippen molar-refractivity contribution < 1.29 is 39.1 Å².